The molecule has 1 amide bonds. The van der Waals surface area contributed by atoms with Gasteiger partial charge in [-0.15, -0.1) is 11.8 Å². The minimum atomic E-state index is -0.725. The van der Waals surface area contributed by atoms with Gasteiger partial charge in [-0.25, -0.2) is 14.6 Å². The first-order chi connectivity index (χ1) is 16.1. The van der Waals surface area contributed by atoms with E-state index in [4.69, 9.17) is 24.0 Å². The van der Waals surface area contributed by atoms with Gasteiger partial charge in [-0.1, -0.05) is 13.8 Å². The number of ether oxygens (including phenoxy) is 3. The van der Waals surface area contributed by atoms with Gasteiger partial charge in [-0.2, -0.15) is 0 Å². The lowest BCUT2D eigenvalue weighted by Crippen LogP contribution is -2.70. The minimum absolute atomic E-state index is 0.0705. The second-order valence-corrected chi connectivity index (χ2v) is 12.8. The van der Waals surface area contributed by atoms with Gasteiger partial charge in [0.15, 0.2) is 11.9 Å². The van der Waals surface area contributed by atoms with Crippen LogP contribution in [0.25, 0.3) is 0 Å². The van der Waals surface area contributed by atoms with E-state index in [1.165, 1.54) is 6.42 Å². The van der Waals surface area contributed by atoms with E-state index in [9.17, 15) is 4.79 Å². The third-order valence-corrected chi connectivity index (χ3v) is 9.86. The number of hydrogen-bond donors (Lipinski definition) is 0. The van der Waals surface area contributed by atoms with Crippen LogP contribution >= 0.6 is 11.8 Å². The third kappa shape index (κ3) is 4.86. The molecule has 5 aliphatic rings. The molecule has 1 saturated carbocycles. The number of carbonyl (C=O) groups is 1. The lowest BCUT2D eigenvalue weighted by Gasteiger charge is -2.60. The van der Waals surface area contributed by atoms with E-state index >= 15 is 0 Å². The zero-order valence-electron chi connectivity index (χ0n) is 22.1. The number of fused-ring (bicyclic) bond motifs is 2. The molecule has 7 nitrogen and oxygen atoms in total. The summed E-state index contributed by atoms with van der Waals surface area (Å²) in [5.41, 5.74) is -0.419. The van der Waals surface area contributed by atoms with Gasteiger partial charge in [0.05, 0.1) is 6.61 Å². The molecule has 8 atom stereocenters. The SMILES string of the molecule is CC(C)N(C(=O)OCCCCS[C@@H]1O[C@@H]2OC3(C)CC[C@H]4[C@H](C)CC[C@@H]([C@H]1C)[C@@]24OO3)C(C)C. The highest BCUT2D eigenvalue weighted by Crippen LogP contribution is 2.61. The molecule has 196 valence electrons. The molecule has 1 unspecified atom stereocenters. The lowest BCUT2D eigenvalue weighted by atomic mass is 9.58. The predicted molar refractivity (Wildman–Crippen MR) is 132 cm³/mol. The Kier molecular flexibility index (Phi) is 8.15. The highest BCUT2D eigenvalue weighted by Gasteiger charge is 2.69. The summed E-state index contributed by atoms with van der Waals surface area (Å²) in [5.74, 6) is 1.94. The van der Waals surface area contributed by atoms with Crippen LogP contribution in [-0.2, 0) is 24.0 Å². The number of nitrogens with zero attached hydrogens (tertiary/aromatic N) is 1. The molecule has 8 heteroatoms. The van der Waals surface area contributed by atoms with Crippen molar-refractivity contribution in [3.05, 3.63) is 0 Å². The Balaban J connectivity index is 1.29. The second-order valence-electron chi connectivity index (χ2n) is 11.6. The van der Waals surface area contributed by atoms with E-state index < -0.39 is 11.4 Å². The van der Waals surface area contributed by atoms with E-state index in [0.717, 1.165) is 37.9 Å². The Morgan fingerprint density at radius 3 is 2.50 bits per heavy atom. The molecule has 0 radical (unpaired) electrons. The van der Waals surface area contributed by atoms with Gasteiger partial charge in [0.1, 0.15) is 5.44 Å². The molecule has 0 aromatic rings. The first-order valence-corrected chi connectivity index (χ1v) is 14.4. The molecular weight excluding hydrogens is 454 g/mol. The van der Waals surface area contributed by atoms with Crippen LogP contribution < -0.4 is 0 Å². The fourth-order valence-corrected chi connectivity index (χ4v) is 7.99. The van der Waals surface area contributed by atoms with Crippen molar-refractivity contribution in [1.82, 2.24) is 4.90 Å². The van der Waals surface area contributed by atoms with Gasteiger partial charge in [0.25, 0.3) is 0 Å². The van der Waals surface area contributed by atoms with Gasteiger partial charge in [-0.3, -0.25) is 0 Å². The summed E-state index contributed by atoms with van der Waals surface area (Å²) < 4.78 is 18.6. The molecule has 0 aromatic carbocycles. The van der Waals surface area contributed by atoms with E-state index in [-0.39, 0.29) is 29.9 Å². The van der Waals surface area contributed by atoms with Crippen molar-refractivity contribution in [2.45, 2.75) is 122 Å². The van der Waals surface area contributed by atoms with E-state index in [1.54, 1.807) is 4.90 Å². The molecule has 0 aromatic heterocycles. The molecular formula is C26H45NO6S. The first-order valence-electron chi connectivity index (χ1n) is 13.4. The van der Waals surface area contributed by atoms with E-state index in [0.29, 0.717) is 30.3 Å². The van der Waals surface area contributed by atoms with Crippen LogP contribution in [0.1, 0.15) is 87.0 Å². The Bertz CT molecular complexity index is 713. The zero-order chi connectivity index (χ0) is 24.7. The molecule has 34 heavy (non-hydrogen) atoms. The molecule has 5 fully saturated rings. The second kappa shape index (κ2) is 10.4. The summed E-state index contributed by atoms with van der Waals surface area (Å²) >= 11 is 1.86. The Hall–Kier alpha value is -0.540. The van der Waals surface area contributed by atoms with E-state index in [2.05, 4.69) is 13.8 Å². The average Bonchev–Trinajstić information content (AvgIpc) is 2.99. The maximum Gasteiger partial charge on any atom is 0.410 e. The predicted octanol–water partition coefficient (Wildman–Crippen LogP) is 5.96. The standard InChI is InChI=1S/C26H45NO6S/c1-16(2)27(17(3)4)24(28)29-14-8-9-15-34-22-19(6)21-11-10-18(5)20-12-13-25(7)31-23(30-22)26(20,21)33-32-25/h16-23H,8-15H2,1-7H3/t18-,19-,20+,21+,22+,23-,25?,26-/m1/s1. The fraction of sp³-hybridized carbons (Fsp3) is 0.962. The fourth-order valence-electron chi connectivity index (χ4n) is 6.72. The summed E-state index contributed by atoms with van der Waals surface area (Å²) in [7, 11) is 0. The number of thioether (sulfide) groups is 1. The molecule has 1 aliphatic carbocycles. The minimum Gasteiger partial charge on any atom is -0.449 e. The van der Waals surface area contributed by atoms with Crippen molar-refractivity contribution in [3.63, 3.8) is 0 Å². The topological polar surface area (TPSA) is 66.5 Å². The van der Waals surface area contributed by atoms with Gasteiger partial charge in [0.2, 0.25) is 5.79 Å². The Labute approximate surface area is 209 Å². The van der Waals surface area contributed by atoms with Gasteiger partial charge in [-0.05, 0) is 90.2 Å². The lowest BCUT2D eigenvalue weighted by molar-refractivity contribution is -0.568. The normalized spacial score (nSPS) is 41.3. The average molecular weight is 500 g/mol. The number of unbranched alkanes of at least 4 members (excludes halogenated alkanes) is 1. The quantitative estimate of drug-likeness (QED) is 0.301. The van der Waals surface area contributed by atoms with Gasteiger partial charge < -0.3 is 19.1 Å². The first kappa shape index (κ1) is 26.5. The third-order valence-electron chi connectivity index (χ3n) is 8.47. The summed E-state index contributed by atoms with van der Waals surface area (Å²) in [6.45, 7) is 15.1. The summed E-state index contributed by atoms with van der Waals surface area (Å²) in [6.07, 6.45) is 5.48. The van der Waals surface area contributed by atoms with Crippen molar-refractivity contribution in [2.24, 2.45) is 23.7 Å². The van der Waals surface area contributed by atoms with Crippen LogP contribution in [0, 0.1) is 23.7 Å². The number of rotatable bonds is 8. The summed E-state index contributed by atoms with van der Waals surface area (Å²) in [6, 6.07) is 0.272. The number of carbonyl (C=O) groups excluding carboxylic acids is 1. The molecule has 2 bridgehead atoms. The smallest absolute Gasteiger partial charge is 0.410 e. The molecule has 0 N–H and O–H groups in total. The largest absolute Gasteiger partial charge is 0.449 e. The highest BCUT2D eigenvalue weighted by atomic mass is 32.2. The van der Waals surface area contributed by atoms with Gasteiger partial charge >= 0.3 is 6.09 Å². The van der Waals surface area contributed by atoms with Crippen LogP contribution in [0.4, 0.5) is 4.79 Å². The van der Waals surface area contributed by atoms with E-state index in [1.807, 2.05) is 46.4 Å². The zero-order valence-corrected chi connectivity index (χ0v) is 22.9. The Morgan fingerprint density at radius 1 is 1.06 bits per heavy atom. The highest BCUT2D eigenvalue weighted by molar-refractivity contribution is 7.99. The summed E-state index contributed by atoms with van der Waals surface area (Å²) in [5, 5.41) is 0. The van der Waals surface area contributed by atoms with Crippen molar-refractivity contribution >= 4 is 17.9 Å². The monoisotopic (exact) mass is 499 g/mol. The van der Waals surface area contributed by atoms with Crippen molar-refractivity contribution in [2.75, 3.05) is 12.4 Å². The Morgan fingerprint density at radius 2 is 1.79 bits per heavy atom. The summed E-state index contributed by atoms with van der Waals surface area (Å²) in [4.78, 5) is 26.3. The number of amides is 1. The van der Waals surface area contributed by atoms with Crippen LogP contribution in [0.5, 0.6) is 0 Å². The van der Waals surface area contributed by atoms with Crippen molar-refractivity contribution in [3.8, 4) is 0 Å². The van der Waals surface area contributed by atoms with Crippen molar-refractivity contribution in [1.29, 1.82) is 0 Å². The molecule has 4 aliphatic heterocycles. The van der Waals surface area contributed by atoms with Crippen LogP contribution in [0.2, 0.25) is 0 Å². The maximum absolute atomic E-state index is 12.4. The van der Waals surface area contributed by atoms with Crippen LogP contribution in [0.3, 0.4) is 0 Å². The van der Waals surface area contributed by atoms with Crippen LogP contribution in [-0.4, -0.2) is 58.6 Å². The van der Waals surface area contributed by atoms with Gasteiger partial charge in [0, 0.05) is 24.4 Å². The molecule has 4 saturated heterocycles. The van der Waals surface area contributed by atoms with Crippen LogP contribution in [0.15, 0.2) is 0 Å². The molecule has 1 spiro atoms. The molecule has 5 rings (SSSR count). The number of hydrogen-bond acceptors (Lipinski definition) is 7. The molecule has 4 heterocycles. The van der Waals surface area contributed by atoms with Crippen molar-refractivity contribution < 1.29 is 28.8 Å². The maximum atomic E-state index is 12.4.